The molecule has 5 heteroatoms. The molecule has 5 nitrogen and oxygen atoms in total. The van der Waals surface area contributed by atoms with Crippen LogP contribution in [0, 0.1) is 0 Å². The van der Waals surface area contributed by atoms with Gasteiger partial charge >= 0.3 is 6.03 Å². The summed E-state index contributed by atoms with van der Waals surface area (Å²) in [6, 6.07) is 0.724. The van der Waals surface area contributed by atoms with Crippen molar-refractivity contribution in [2.45, 2.75) is 37.8 Å². The van der Waals surface area contributed by atoms with E-state index in [1.807, 2.05) is 0 Å². The molecule has 2 saturated heterocycles. The second-order valence-electron chi connectivity index (χ2n) is 5.22. The first-order chi connectivity index (χ1) is 8.24. The first-order valence-corrected chi connectivity index (χ1v) is 6.70. The van der Waals surface area contributed by atoms with Crippen LogP contribution in [0.25, 0.3) is 0 Å². The van der Waals surface area contributed by atoms with Crippen LogP contribution >= 0.6 is 0 Å². The summed E-state index contributed by atoms with van der Waals surface area (Å²) >= 11 is 0. The van der Waals surface area contributed by atoms with Gasteiger partial charge in [-0.3, -0.25) is 0 Å². The van der Waals surface area contributed by atoms with Crippen LogP contribution < -0.4 is 16.0 Å². The van der Waals surface area contributed by atoms with Crippen LogP contribution in [0.15, 0.2) is 0 Å². The molecule has 0 bridgehead atoms. The summed E-state index contributed by atoms with van der Waals surface area (Å²) in [7, 11) is 2.13. The van der Waals surface area contributed by atoms with E-state index in [1.54, 1.807) is 0 Å². The third-order valence-corrected chi connectivity index (χ3v) is 3.73. The predicted octanol–water partition coefficient (Wildman–Crippen LogP) is 0.132. The van der Waals surface area contributed by atoms with Crippen LogP contribution in [-0.4, -0.2) is 56.2 Å². The summed E-state index contributed by atoms with van der Waals surface area (Å²) in [6.45, 7) is 4.19. The molecule has 0 radical (unpaired) electrons. The molecule has 2 aliphatic rings. The Balaban J connectivity index is 1.66. The summed E-state index contributed by atoms with van der Waals surface area (Å²) < 4.78 is 0. The zero-order valence-electron chi connectivity index (χ0n) is 10.7. The minimum Gasteiger partial charge on any atom is -0.335 e. The van der Waals surface area contributed by atoms with Crippen molar-refractivity contribution in [2.24, 2.45) is 0 Å². The van der Waals surface area contributed by atoms with Gasteiger partial charge < -0.3 is 20.9 Å². The third-order valence-electron chi connectivity index (χ3n) is 3.73. The van der Waals surface area contributed by atoms with E-state index in [-0.39, 0.29) is 6.03 Å². The molecule has 0 unspecified atom stereocenters. The molecule has 17 heavy (non-hydrogen) atoms. The molecule has 0 spiro atoms. The van der Waals surface area contributed by atoms with E-state index in [0.717, 1.165) is 51.9 Å². The average molecular weight is 240 g/mol. The largest absolute Gasteiger partial charge is 0.335 e. The smallest absolute Gasteiger partial charge is 0.315 e. The number of nitrogens with zero attached hydrogens (tertiary/aromatic N) is 1. The molecule has 0 atom stereocenters. The van der Waals surface area contributed by atoms with Crippen LogP contribution in [0.3, 0.4) is 0 Å². The predicted molar refractivity (Wildman–Crippen MR) is 68.1 cm³/mol. The summed E-state index contributed by atoms with van der Waals surface area (Å²) in [6.07, 6.45) is 4.22. The van der Waals surface area contributed by atoms with Crippen molar-refractivity contribution >= 4 is 6.03 Å². The number of piperidine rings is 2. The van der Waals surface area contributed by atoms with Crippen molar-refractivity contribution in [3.63, 3.8) is 0 Å². The number of hydrogen-bond donors (Lipinski definition) is 3. The van der Waals surface area contributed by atoms with Crippen molar-refractivity contribution in [3.05, 3.63) is 0 Å². The molecule has 2 heterocycles. The van der Waals surface area contributed by atoms with E-state index >= 15 is 0 Å². The normalized spacial score (nSPS) is 24.5. The first kappa shape index (κ1) is 12.6. The fraction of sp³-hybridized carbons (Fsp3) is 0.917. The molecule has 0 aromatic rings. The Morgan fingerprint density at radius 3 is 2.18 bits per heavy atom. The molecule has 0 saturated carbocycles. The molecular formula is C12H24N4O. The van der Waals surface area contributed by atoms with Crippen molar-refractivity contribution in [2.75, 3.05) is 33.2 Å². The quantitative estimate of drug-likeness (QED) is 0.643. The molecule has 0 aliphatic carbocycles. The molecule has 0 aromatic carbocycles. The number of carbonyl (C=O) groups is 1. The van der Waals surface area contributed by atoms with Gasteiger partial charge in [-0.1, -0.05) is 0 Å². The van der Waals surface area contributed by atoms with Gasteiger partial charge in [-0.25, -0.2) is 4.79 Å². The van der Waals surface area contributed by atoms with E-state index in [0.29, 0.717) is 12.1 Å². The fourth-order valence-electron chi connectivity index (χ4n) is 2.53. The maximum absolute atomic E-state index is 11.8. The topological polar surface area (TPSA) is 56.4 Å². The monoisotopic (exact) mass is 240 g/mol. The highest BCUT2D eigenvalue weighted by atomic mass is 16.2. The van der Waals surface area contributed by atoms with Gasteiger partial charge in [0.1, 0.15) is 0 Å². The van der Waals surface area contributed by atoms with E-state index < -0.39 is 0 Å². The van der Waals surface area contributed by atoms with E-state index in [2.05, 4.69) is 27.9 Å². The Bertz CT molecular complexity index is 245. The minimum absolute atomic E-state index is 0.0199. The summed E-state index contributed by atoms with van der Waals surface area (Å²) in [5.41, 5.74) is 0. The van der Waals surface area contributed by atoms with Gasteiger partial charge in [-0.05, 0) is 58.9 Å². The summed E-state index contributed by atoms with van der Waals surface area (Å²) in [5.74, 6) is 0. The number of likely N-dealkylation sites (tertiary alicyclic amines) is 1. The van der Waals surface area contributed by atoms with Gasteiger partial charge in [0.05, 0.1) is 0 Å². The van der Waals surface area contributed by atoms with E-state index in [4.69, 9.17) is 0 Å². The van der Waals surface area contributed by atoms with Crippen LogP contribution in [0.5, 0.6) is 0 Å². The number of hydrogen-bond acceptors (Lipinski definition) is 3. The van der Waals surface area contributed by atoms with Gasteiger partial charge in [0, 0.05) is 12.1 Å². The number of carbonyl (C=O) groups excluding carboxylic acids is 1. The fourth-order valence-corrected chi connectivity index (χ4v) is 2.53. The maximum Gasteiger partial charge on any atom is 0.315 e. The lowest BCUT2D eigenvalue weighted by Gasteiger charge is -2.30. The lowest BCUT2D eigenvalue weighted by Crippen LogP contribution is -2.51. The zero-order valence-corrected chi connectivity index (χ0v) is 10.7. The van der Waals surface area contributed by atoms with Crippen molar-refractivity contribution in [3.8, 4) is 0 Å². The van der Waals surface area contributed by atoms with Gasteiger partial charge in [0.2, 0.25) is 0 Å². The van der Waals surface area contributed by atoms with E-state index in [1.165, 1.54) is 0 Å². The van der Waals surface area contributed by atoms with Gasteiger partial charge in [0.15, 0.2) is 0 Å². The minimum atomic E-state index is 0.0199. The highest BCUT2D eigenvalue weighted by Crippen LogP contribution is 2.08. The Kier molecular flexibility index (Phi) is 4.62. The maximum atomic E-state index is 11.8. The van der Waals surface area contributed by atoms with Crippen molar-refractivity contribution in [1.29, 1.82) is 0 Å². The van der Waals surface area contributed by atoms with Crippen molar-refractivity contribution in [1.82, 2.24) is 20.9 Å². The van der Waals surface area contributed by atoms with Crippen LogP contribution in [0.2, 0.25) is 0 Å². The SMILES string of the molecule is CN1CCC(NC(=O)NC2CCNCC2)CC1. The van der Waals surface area contributed by atoms with Crippen LogP contribution in [0.1, 0.15) is 25.7 Å². The Morgan fingerprint density at radius 1 is 1.06 bits per heavy atom. The standard InChI is InChI=1S/C12H24N4O/c1-16-8-4-11(5-9-16)15-12(17)14-10-2-6-13-7-3-10/h10-11,13H,2-9H2,1H3,(H2,14,15,17). The molecule has 0 aromatic heterocycles. The molecule has 98 valence electrons. The van der Waals surface area contributed by atoms with Gasteiger partial charge in [-0.15, -0.1) is 0 Å². The zero-order chi connectivity index (χ0) is 12.1. The molecule has 2 fully saturated rings. The summed E-state index contributed by atoms with van der Waals surface area (Å²) in [5, 5.41) is 9.46. The number of amides is 2. The molecular weight excluding hydrogens is 216 g/mol. The number of nitrogens with one attached hydrogen (secondary N) is 3. The Labute approximate surface area is 103 Å². The summed E-state index contributed by atoms with van der Waals surface area (Å²) in [4.78, 5) is 14.1. The second-order valence-corrected chi connectivity index (χ2v) is 5.22. The number of urea groups is 1. The van der Waals surface area contributed by atoms with Crippen LogP contribution in [0.4, 0.5) is 4.79 Å². The molecule has 3 N–H and O–H groups in total. The highest BCUT2D eigenvalue weighted by Gasteiger charge is 2.20. The molecule has 2 amide bonds. The molecule has 2 aliphatic heterocycles. The highest BCUT2D eigenvalue weighted by molar-refractivity contribution is 5.74. The van der Waals surface area contributed by atoms with Gasteiger partial charge in [0.25, 0.3) is 0 Å². The molecule has 2 rings (SSSR count). The van der Waals surface area contributed by atoms with Crippen molar-refractivity contribution < 1.29 is 4.79 Å². The van der Waals surface area contributed by atoms with E-state index in [9.17, 15) is 4.79 Å². The lowest BCUT2D eigenvalue weighted by atomic mass is 10.1. The first-order valence-electron chi connectivity index (χ1n) is 6.70. The van der Waals surface area contributed by atoms with Crippen LogP contribution in [-0.2, 0) is 0 Å². The average Bonchev–Trinajstić information content (AvgIpc) is 2.33. The third kappa shape index (κ3) is 4.16. The Hall–Kier alpha value is -0.810. The lowest BCUT2D eigenvalue weighted by molar-refractivity contribution is 0.209. The number of rotatable bonds is 2. The Morgan fingerprint density at radius 2 is 1.59 bits per heavy atom. The second kappa shape index (κ2) is 6.21. The van der Waals surface area contributed by atoms with Gasteiger partial charge in [-0.2, -0.15) is 0 Å².